The van der Waals surface area contributed by atoms with Crippen molar-refractivity contribution in [3.05, 3.63) is 72.3 Å². The summed E-state index contributed by atoms with van der Waals surface area (Å²) < 4.78 is 0. The molecule has 3 heteroatoms. The smallest absolute Gasteiger partial charge is 0.349 e. The van der Waals surface area contributed by atoms with Gasteiger partial charge in [0.1, 0.15) is 0 Å². The van der Waals surface area contributed by atoms with Gasteiger partial charge in [-0.15, -0.1) is 5.48 Å². The van der Waals surface area contributed by atoms with E-state index in [1.165, 1.54) is 37.1 Å². The van der Waals surface area contributed by atoms with E-state index >= 15 is 0 Å². The fourth-order valence-corrected chi connectivity index (χ4v) is 2.66. The number of fused-ring (bicyclic) bond motifs is 1. The van der Waals surface area contributed by atoms with Crippen LogP contribution < -0.4 is 5.48 Å². The third-order valence-corrected chi connectivity index (χ3v) is 4.02. The van der Waals surface area contributed by atoms with E-state index in [2.05, 4.69) is 36.7 Å². The summed E-state index contributed by atoms with van der Waals surface area (Å²) >= 11 is 0. The minimum atomic E-state index is -0.393. The Morgan fingerprint density at radius 2 is 1.88 bits per heavy atom. The van der Waals surface area contributed by atoms with Gasteiger partial charge in [0.2, 0.25) is 0 Å². The normalized spacial score (nSPS) is 11.6. The Hall–Kier alpha value is -2.39. The molecule has 3 nitrogen and oxygen atoms in total. The molecule has 0 aliphatic heterocycles. The van der Waals surface area contributed by atoms with Crippen molar-refractivity contribution in [1.29, 1.82) is 0 Å². The highest BCUT2D eigenvalue weighted by Gasteiger charge is 2.01. The van der Waals surface area contributed by atoms with Gasteiger partial charge in [-0.25, -0.2) is 4.79 Å². The Labute approximate surface area is 150 Å². The Bertz CT molecular complexity index is 714. The summed E-state index contributed by atoms with van der Waals surface area (Å²) in [5.74, 6) is -0.393. The van der Waals surface area contributed by atoms with Gasteiger partial charge in [-0.2, -0.15) is 0 Å². The molecule has 0 amide bonds. The highest BCUT2D eigenvalue weighted by atomic mass is 16.7. The molecule has 2 rings (SSSR count). The van der Waals surface area contributed by atoms with Crippen molar-refractivity contribution in [2.24, 2.45) is 0 Å². The number of hydroxylamine groups is 1. The summed E-state index contributed by atoms with van der Waals surface area (Å²) in [6.07, 6.45) is 13.2. The molecule has 2 aromatic carbocycles. The molecule has 0 aliphatic rings. The first-order valence-corrected chi connectivity index (χ1v) is 9.04. The van der Waals surface area contributed by atoms with Crippen molar-refractivity contribution < 1.29 is 9.63 Å². The topological polar surface area (TPSA) is 38.3 Å². The zero-order valence-corrected chi connectivity index (χ0v) is 14.9. The number of hydrogen-bond donors (Lipinski definition) is 1. The highest BCUT2D eigenvalue weighted by Crippen LogP contribution is 2.18. The maximum atomic E-state index is 11.7. The van der Waals surface area contributed by atoms with Gasteiger partial charge in [0.05, 0.1) is 6.54 Å². The largest absolute Gasteiger partial charge is 0.367 e. The van der Waals surface area contributed by atoms with Crippen LogP contribution in [0.2, 0.25) is 0 Å². The van der Waals surface area contributed by atoms with Crippen molar-refractivity contribution in [2.45, 2.75) is 45.6 Å². The Morgan fingerprint density at radius 3 is 2.76 bits per heavy atom. The van der Waals surface area contributed by atoms with Crippen molar-refractivity contribution in [3.63, 3.8) is 0 Å². The molecule has 0 aliphatic carbocycles. The van der Waals surface area contributed by atoms with Crippen molar-refractivity contribution in [3.8, 4) is 0 Å². The second-order valence-corrected chi connectivity index (χ2v) is 6.02. The first-order chi connectivity index (χ1) is 12.3. The average Bonchev–Trinajstić information content (AvgIpc) is 2.64. The summed E-state index contributed by atoms with van der Waals surface area (Å²) in [5.41, 5.74) is 3.84. The molecule has 1 N–H and O–H groups in total. The van der Waals surface area contributed by atoms with E-state index in [0.29, 0.717) is 6.54 Å². The molecule has 0 saturated heterocycles. The first-order valence-electron chi connectivity index (χ1n) is 9.04. The number of carbonyl (C=O) groups excluding carboxylic acids is 1. The molecule has 0 unspecified atom stereocenters. The van der Waals surface area contributed by atoms with E-state index in [0.717, 1.165) is 17.4 Å². The fraction of sp³-hybridized carbons (Fsp3) is 0.318. The molecule has 0 aromatic heterocycles. The van der Waals surface area contributed by atoms with Crippen LogP contribution in [0.25, 0.3) is 10.8 Å². The van der Waals surface area contributed by atoms with Gasteiger partial charge < -0.3 is 4.84 Å². The maximum absolute atomic E-state index is 11.7. The van der Waals surface area contributed by atoms with Gasteiger partial charge >= 0.3 is 5.97 Å². The zero-order valence-electron chi connectivity index (χ0n) is 14.9. The van der Waals surface area contributed by atoms with Crippen molar-refractivity contribution >= 4 is 16.7 Å². The third-order valence-electron chi connectivity index (χ3n) is 4.02. The monoisotopic (exact) mass is 337 g/mol. The quantitative estimate of drug-likeness (QED) is 0.270. The molecule has 0 atom stereocenters. The molecule has 0 bridgehead atoms. The molecule has 2 aromatic rings. The van der Waals surface area contributed by atoms with Gasteiger partial charge in [-0.3, -0.25) is 0 Å². The van der Waals surface area contributed by atoms with E-state index in [-0.39, 0.29) is 0 Å². The number of allylic oxidation sites excluding steroid dienone is 3. The molecule has 25 heavy (non-hydrogen) atoms. The van der Waals surface area contributed by atoms with Crippen LogP contribution >= 0.6 is 0 Å². The second kappa shape index (κ2) is 11.2. The number of unbranched alkanes of at least 4 members (excludes halogenated alkanes) is 4. The molecule has 0 saturated carbocycles. The van der Waals surface area contributed by atoms with E-state index in [9.17, 15) is 4.79 Å². The van der Waals surface area contributed by atoms with Crippen molar-refractivity contribution in [1.82, 2.24) is 5.48 Å². The minimum Gasteiger partial charge on any atom is -0.367 e. The zero-order chi connectivity index (χ0) is 17.7. The average molecular weight is 337 g/mol. The van der Waals surface area contributed by atoms with Crippen molar-refractivity contribution in [2.75, 3.05) is 0 Å². The summed E-state index contributed by atoms with van der Waals surface area (Å²) in [7, 11) is 0. The fourth-order valence-electron chi connectivity index (χ4n) is 2.66. The van der Waals surface area contributed by atoms with Crippen LogP contribution in [0.15, 0.2) is 66.8 Å². The lowest BCUT2D eigenvalue weighted by Gasteiger charge is -2.07. The van der Waals surface area contributed by atoms with E-state index in [4.69, 9.17) is 4.84 Å². The van der Waals surface area contributed by atoms with Gasteiger partial charge in [0.15, 0.2) is 0 Å². The minimum absolute atomic E-state index is 0.393. The summed E-state index contributed by atoms with van der Waals surface area (Å²) in [6.45, 7) is 2.69. The summed E-state index contributed by atoms with van der Waals surface area (Å²) in [4.78, 5) is 16.7. The van der Waals surface area contributed by atoms with Crippen LogP contribution in [0, 0.1) is 0 Å². The lowest BCUT2D eigenvalue weighted by atomic mass is 10.1. The van der Waals surface area contributed by atoms with Crippen LogP contribution in [0.1, 0.15) is 44.6 Å². The molecule has 0 fully saturated rings. The van der Waals surface area contributed by atoms with Crippen LogP contribution in [-0.4, -0.2) is 5.97 Å². The molecule has 0 radical (unpaired) electrons. The highest BCUT2D eigenvalue weighted by molar-refractivity contribution is 5.85. The number of benzene rings is 2. The SMILES string of the molecule is CCCCCC/C=C/C=C/C(=O)ONCc1cccc2ccccc12. The van der Waals surface area contributed by atoms with Gasteiger partial charge in [-0.1, -0.05) is 86.9 Å². The third kappa shape index (κ3) is 6.94. The van der Waals surface area contributed by atoms with E-state index in [1.807, 2.05) is 30.3 Å². The maximum Gasteiger partial charge on any atom is 0.349 e. The Morgan fingerprint density at radius 1 is 1.04 bits per heavy atom. The first kappa shape index (κ1) is 18.9. The summed E-state index contributed by atoms with van der Waals surface area (Å²) in [6, 6.07) is 14.3. The van der Waals surface area contributed by atoms with Crippen LogP contribution in [-0.2, 0) is 16.2 Å². The number of rotatable bonds is 10. The standard InChI is InChI=1S/C22H27NO2/c1-2-3-4-5-6-7-8-9-17-22(24)25-23-18-20-15-12-14-19-13-10-11-16-21(19)20/h7-17,23H,2-6,18H2,1H3/b8-7+,17-9+. The lowest BCUT2D eigenvalue weighted by molar-refractivity contribution is -0.145. The predicted molar refractivity (Wildman–Crippen MR) is 104 cm³/mol. The molecule has 0 spiro atoms. The van der Waals surface area contributed by atoms with Crippen LogP contribution in [0.5, 0.6) is 0 Å². The molecule has 0 heterocycles. The predicted octanol–water partition coefficient (Wildman–Crippen LogP) is 5.47. The van der Waals surface area contributed by atoms with E-state index < -0.39 is 5.97 Å². The van der Waals surface area contributed by atoms with Gasteiger partial charge in [0.25, 0.3) is 0 Å². The molecular formula is C22H27NO2. The number of nitrogens with one attached hydrogen (secondary N) is 1. The van der Waals surface area contributed by atoms with Gasteiger partial charge in [0, 0.05) is 6.08 Å². The van der Waals surface area contributed by atoms with Gasteiger partial charge in [-0.05, 0) is 29.2 Å². The second-order valence-electron chi connectivity index (χ2n) is 6.02. The summed E-state index contributed by atoms with van der Waals surface area (Å²) in [5, 5.41) is 2.34. The number of carbonyl (C=O) groups is 1. The lowest BCUT2D eigenvalue weighted by Crippen LogP contribution is -2.18. The molecule has 132 valence electrons. The Kier molecular flexibility index (Phi) is 8.50. The van der Waals surface area contributed by atoms with E-state index in [1.54, 1.807) is 6.08 Å². The van der Waals surface area contributed by atoms with Crippen LogP contribution in [0.3, 0.4) is 0 Å². The number of hydrogen-bond acceptors (Lipinski definition) is 3. The molecular weight excluding hydrogens is 310 g/mol. The van der Waals surface area contributed by atoms with Crippen LogP contribution in [0.4, 0.5) is 0 Å². The Balaban J connectivity index is 1.69.